The molecule has 0 atom stereocenters. The topological polar surface area (TPSA) is 26.0 Å². The summed E-state index contributed by atoms with van der Waals surface area (Å²) >= 11 is 2.26. The van der Waals surface area contributed by atoms with Crippen LogP contribution in [0.1, 0.15) is 26.3 Å². The van der Waals surface area contributed by atoms with E-state index in [1.807, 2.05) is 6.07 Å². The maximum Gasteiger partial charge on any atom is 0.0449 e. The molecule has 0 aromatic heterocycles. The van der Waals surface area contributed by atoms with Crippen LogP contribution in [0.5, 0.6) is 0 Å². The van der Waals surface area contributed by atoms with Gasteiger partial charge in [0.25, 0.3) is 0 Å². The van der Waals surface area contributed by atoms with Crippen molar-refractivity contribution >= 4 is 40.7 Å². The molecule has 1 rings (SSSR count). The van der Waals surface area contributed by atoms with Crippen LogP contribution in [0, 0.1) is 3.57 Å². The zero-order chi connectivity index (χ0) is 9.35. The summed E-state index contributed by atoms with van der Waals surface area (Å²) < 4.78 is 1.14. The molecule has 0 aliphatic rings. The van der Waals surface area contributed by atoms with Crippen molar-refractivity contribution in [2.45, 2.75) is 26.2 Å². The van der Waals surface area contributed by atoms with Gasteiger partial charge in [-0.25, -0.2) is 0 Å². The highest BCUT2D eigenvalue weighted by atomic mass is 127. The lowest BCUT2D eigenvalue weighted by atomic mass is 9.87. The number of nitrogen functional groups attached to an aromatic ring is 1. The lowest BCUT2D eigenvalue weighted by Crippen LogP contribution is -2.11. The Morgan fingerprint density at radius 1 is 1.23 bits per heavy atom. The van der Waals surface area contributed by atoms with Gasteiger partial charge >= 0.3 is 0 Å². The summed E-state index contributed by atoms with van der Waals surface area (Å²) in [6.45, 7) is 6.61. The van der Waals surface area contributed by atoms with E-state index in [2.05, 4.69) is 55.5 Å². The van der Waals surface area contributed by atoms with E-state index in [0.717, 1.165) is 9.26 Å². The van der Waals surface area contributed by atoms with Gasteiger partial charge in [0.15, 0.2) is 0 Å². The van der Waals surface area contributed by atoms with Gasteiger partial charge in [0.05, 0.1) is 0 Å². The molecule has 2 N–H and O–H groups in total. The summed E-state index contributed by atoms with van der Waals surface area (Å²) in [6, 6.07) is 6.22. The van der Waals surface area contributed by atoms with Gasteiger partial charge in [-0.05, 0) is 45.7 Å². The van der Waals surface area contributed by atoms with Gasteiger partial charge in [-0.15, -0.1) is 12.4 Å². The normalized spacial score (nSPS) is 10.8. The van der Waals surface area contributed by atoms with Crippen molar-refractivity contribution in [1.82, 2.24) is 0 Å². The summed E-state index contributed by atoms with van der Waals surface area (Å²) in [5.74, 6) is 0. The van der Waals surface area contributed by atoms with Crippen LogP contribution in [0.15, 0.2) is 18.2 Å². The van der Waals surface area contributed by atoms with Crippen molar-refractivity contribution in [3.05, 3.63) is 27.3 Å². The third kappa shape index (κ3) is 3.35. The fourth-order valence-corrected chi connectivity index (χ4v) is 1.51. The van der Waals surface area contributed by atoms with Crippen LogP contribution in [0.25, 0.3) is 0 Å². The van der Waals surface area contributed by atoms with E-state index in [1.54, 1.807) is 0 Å². The van der Waals surface area contributed by atoms with Gasteiger partial charge in [0.1, 0.15) is 0 Å². The highest BCUT2D eigenvalue weighted by molar-refractivity contribution is 14.1. The number of hydrogen-bond donors (Lipinski definition) is 1. The van der Waals surface area contributed by atoms with Crippen LogP contribution < -0.4 is 5.73 Å². The summed E-state index contributed by atoms with van der Waals surface area (Å²) in [5.41, 5.74) is 8.14. The van der Waals surface area contributed by atoms with Gasteiger partial charge in [0, 0.05) is 9.26 Å². The van der Waals surface area contributed by atoms with Gasteiger partial charge < -0.3 is 5.73 Å². The van der Waals surface area contributed by atoms with Crippen molar-refractivity contribution in [2.24, 2.45) is 0 Å². The van der Waals surface area contributed by atoms with Crippen molar-refractivity contribution in [3.8, 4) is 0 Å². The second-order valence-corrected chi connectivity index (χ2v) is 5.15. The number of nitrogens with two attached hydrogens (primary N) is 1. The minimum atomic E-state index is 0. The lowest BCUT2D eigenvalue weighted by Gasteiger charge is -2.19. The standard InChI is InChI=1S/C10H14IN.ClH/c1-10(2,3)7-4-5-9(12)8(11)6-7;/h4-6H,12H2,1-3H3;1H. The molecule has 0 aliphatic heterocycles. The number of rotatable bonds is 0. The first-order chi connectivity index (χ1) is 5.41. The first-order valence-corrected chi connectivity index (χ1v) is 5.04. The number of halogens is 2. The van der Waals surface area contributed by atoms with Crippen LogP contribution in [0.3, 0.4) is 0 Å². The van der Waals surface area contributed by atoms with Crippen LogP contribution in [0.4, 0.5) is 5.69 Å². The summed E-state index contributed by atoms with van der Waals surface area (Å²) in [6.07, 6.45) is 0. The van der Waals surface area contributed by atoms with Gasteiger partial charge in [-0.1, -0.05) is 26.8 Å². The predicted octanol–water partition coefficient (Wildman–Crippen LogP) is 3.59. The third-order valence-corrected chi connectivity index (χ3v) is 2.80. The van der Waals surface area contributed by atoms with E-state index in [-0.39, 0.29) is 17.8 Å². The first-order valence-electron chi connectivity index (χ1n) is 3.97. The summed E-state index contributed by atoms with van der Waals surface area (Å²) in [5, 5.41) is 0. The Labute approximate surface area is 99.6 Å². The second-order valence-electron chi connectivity index (χ2n) is 3.99. The van der Waals surface area contributed by atoms with E-state index in [4.69, 9.17) is 5.73 Å². The molecule has 0 unspecified atom stereocenters. The summed E-state index contributed by atoms with van der Waals surface area (Å²) in [4.78, 5) is 0. The van der Waals surface area contributed by atoms with Crippen LogP contribution in [-0.2, 0) is 5.41 Å². The Balaban J connectivity index is 0.00000144. The quantitative estimate of drug-likeness (QED) is 0.575. The maximum absolute atomic E-state index is 5.72. The Bertz CT molecular complexity index is 291. The average molecular weight is 312 g/mol. The zero-order valence-corrected chi connectivity index (χ0v) is 11.1. The molecule has 0 amide bonds. The van der Waals surface area contributed by atoms with Crippen molar-refractivity contribution in [1.29, 1.82) is 0 Å². The molecular formula is C10H15ClIN. The number of hydrogen-bond acceptors (Lipinski definition) is 1. The van der Waals surface area contributed by atoms with E-state index in [0.29, 0.717) is 0 Å². The van der Waals surface area contributed by atoms with E-state index >= 15 is 0 Å². The fraction of sp³-hybridized carbons (Fsp3) is 0.400. The highest BCUT2D eigenvalue weighted by Gasteiger charge is 2.13. The Hall–Kier alpha value is 0.0400. The predicted molar refractivity (Wildman–Crippen MR) is 69.5 cm³/mol. The molecule has 13 heavy (non-hydrogen) atoms. The molecule has 0 saturated carbocycles. The summed E-state index contributed by atoms with van der Waals surface area (Å²) in [7, 11) is 0. The first kappa shape index (κ1) is 13.0. The number of anilines is 1. The van der Waals surface area contributed by atoms with Gasteiger partial charge in [0.2, 0.25) is 0 Å². The molecule has 1 nitrogen and oxygen atoms in total. The monoisotopic (exact) mass is 311 g/mol. The lowest BCUT2D eigenvalue weighted by molar-refractivity contribution is 0.590. The van der Waals surface area contributed by atoms with Crippen LogP contribution in [0.2, 0.25) is 0 Å². The molecule has 0 radical (unpaired) electrons. The molecule has 0 fully saturated rings. The molecule has 0 saturated heterocycles. The highest BCUT2D eigenvalue weighted by Crippen LogP contribution is 2.26. The smallest absolute Gasteiger partial charge is 0.0449 e. The molecular weight excluding hydrogens is 296 g/mol. The molecule has 3 heteroatoms. The maximum atomic E-state index is 5.72. The Morgan fingerprint density at radius 2 is 1.77 bits per heavy atom. The van der Waals surface area contributed by atoms with Gasteiger partial charge in [-0.2, -0.15) is 0 Å². The van der Waals surface area contributed by atoms with E-state index in [9.17, 15) is 0 Å². The second kappa shape index (κ2) is 4.51. The Morgan fingerprint density at radius 3 is 2.15 bits per heavy atom. The largest absolute Gasteiger partial charge is 0.398 e. The Kier molecular flexibility index (Phi) is 4.52. The van der Waals surface area contributed by atoms with Crippen molar-refractivity contribution in [3.63, 3.8) is 0 Å². The molecule has 1 aromatic carbocycles. The van der Waals surface area contributed by atoms with E-state index in [1.165, 1.54) is 5.56 Å². The van der Waals surface area contributed by atoms with Crippen molar-refractivity contribution < 1.29 is 0 Å². The minimum Gasteiger partial charge on any atom is -0.398 e. The number of benzene rings is 1. The van der Waals surface area contributed by atoms with Crippen molar-refractivity contribution in [2.75, 3.05) is 5.73 Å². The molecule has 74 valence electrons. The molecule has 1 aromatic rings. The fourth-order valence-electron chi connectivity index (χ4n) is 0.994. The molecule has 0 bridgehead atoms. The van der Waals surface area contributed by atoms with Crippen LogP contribution >= 0.6 is 35.0 Å². The average Bonchev–Trinajstić information content (AvgIpc) is 1.92. The van der Waals surface area contributed by atoms with E-state index < -0.39 is 0 Å². The molecule has 0 heterocycles. The molecule has 0 aliphatic carbocycles. The zero-order valence-electron chi connectivity index (χ0n) is 8.10. The van der Waals surface area contributed by atoms with Gasteiger partial charge in [-0.3, -0.25) is 0 Å². The SMILES string of the molecule is CC(C)(C)c1ccc(N)c(I)c1.Cl. The third-order valence-electron chi connectivity index (χ3n) is 1.87. The van der Waals surface area contributed by atoms with Crippen LogP contribution in [-0.4, -0.2) is 0 Å². The minimum absolute atomic E-state index is 0. The molecule has 0 spiro atoms.